The number of hydrogen-bond donors (Lipinski definition) is 3. The van der Waals surface area contributed by atoms with Crippen LogP contribution in [0.4, 0.5) is 0 Å². The summed E-state index contributed by atoms with van der Waals surface area (Å²) in [5, 5.41) is 13.7. The summed E-state index contributed by atoms with van der Waals surface area (Å²) < 4.78 is 5.49. The molecule has 1 unspecified atom stereocenters. The molecule has 3 N–H and O–H groups in total. The summed E-state index contributed by atoms with van der Waals surface area (Å²) in [4.78, 5) is 7.17. The van der Waals surface area contributed by atoms with E-state index < -0.39 is 0 Å². The van der Waals surface area contributed by atoms with Gasteiger partial charge in [-0.2, -0.15) is 5.10 Å². The largest absolute Gasteiger partial charge is 0.379 e. The first-order valence-electron chi connectivity index (χ1n) is 9.01. The molecule has 1 aromatic rings. The summed E-state index contributed by atoms with van der Waals surface area (Å²) in [7, 11) is 0. The van der Waals surface area contributed by atoms with E-state index in [1.165, 1.54) is 6.42 Å². The molecule has 1 atom stereocenters. The van der Waals surface area contributed by atoms with Crippen LogP contribution in [-0.2, 0) is 11.3 Å². The van der Waals surface area contributed by atoms with Crippen molar-refractivity contribution in [2.24, 2.45) is 10.9 Å². The molecule has 0 aliphatic carbocycles. The highest BCUT2D eigenvalue weighted by Crippen LogP contribution is 2.13. The molecule has 2 rings (SSSR count). The third-order valence-corrected chi connectivity index (χ3v) is 4.12. The number of ether oxygens (including phenoxy) is 1. The lowest BCUT2D eigenvalue weighted by Crippen LogP contribution is -2.51. The van der Waals surface area contributed by atoms with Gasteiger partial charge in [-0.25, -0.2) is 4.99 Å². The van der Waals surface area contributed by atoms with Crippen molar-refractivity contribution in [2.45, 2.75) is 39.8 Å². The average molecular weight is 464 g/mol. The van der Waals surface area contributed by atoms with E-state index in [4.69, 9.17) is 4.74 Å². The SMILES string of the molecule is CCNC(=NCc1ccn[nH]1)NCC(CC(C)C)N1CCOCC1.I. The highest BCUT2D eigenvalue weighted by molar-refractivity contribution is 14.0. The van der Waals surface area contributed by atoms with Crippen molar-refractivity contribution in [3.63, 3.8) is 0 Å². The molecular weight excluding hydrogens is 431 g/mol. The van der Waals surface area contributed by atoms with Crippen LogP contribution in [0.1, 0.15) is 32.9 Å². The number of H-pyrrole nitrogens is 1. The van der Waals surface area contributed by atoms with Gasteiger partial charge in [0, 0.05) is 38.4 Å². The fraction of sp³-hybridized carbons (Fsp3) is 0.765. The molecule has 25 heavy (non-hydrogen) atoms. The molecule has 1 aliphatic rings. The van der Waals surface area contributed by atoms with Crippen molar-refractivity contribution in [3.05, 3.63) is 18.0 Å². The summed E-state index contributed by atoms with van der Waals surface area (Å²) >= 11 is 0. The van der Waals surface area contributed by atoms with Crippen molar-refractivity contribution in [1.82, 2.24) is 25.7 Å². The van der Waals surface area contributed by atoms with Crippen LogP contribution in [0.5, 0.6) is 0 Å². The molecule has 0 spiro atoms. The van der Waals surface area contributed by atoms with E-state index in [1.807, 2.05) is 6.07 Å². The van der Waals surface area contributed by atoms with E-state index in [9.17, 15) is 0 Å². The smallest absolute Gasteiger partial charge is 0.191 e. The van der Waals surface area contributed by atoms with Crippen molar-refractivity contribution < 1.29 is 4.74 Å². The first-order chi connectivity index (χ1) is 11.7. The Kier molecular flexibility index (Phi) is 11.1. The lowest BCUT2D eigenvalue weighted by molar-refractivity contribution is 0.0132. The van der Waals surface area contributed by atoms with Gasteiger partial charge in [0.15, 0.2) is 5.96 Å². The molecule has 0 saturated carbocycles. The second-order valence-corrected chi connectivity index (χ2v) is 6.59. The lowest BCUT2D eigenvalue weighted by Gasteiger charge is -2.35. The average Bonchev–Trinajstić information content (AvgIpc) is 3.10. The molecule has 0 aromatic carbocycles. The van der Waals surface area contributed by atoms with Gasteiger partial charge in [0.25, 0.3) is 0 Å². The molecule has 2 heterocycles. The fourth-order valence-electron chi connectivity index (χ4n) is 2.94. The van der Waals surface area contributed by atoms with Crippen LogP contribution in [0.25, 0.3) is 0 Å². The Balaban J connectivity index is 0.00000312. The Hall–Kier alpha value is -0.870. The van der Waals surface area contributed by atoms with Gasteiger partial charge in [0.05, 0.1) is 25.5 Å². The Labute approximate surface area is 168 Å². The molecule has 0 amide bonds. The van der Waals surface area contributed by atoms with Crippen LogP contribution in [-0.4, -0.2) is 66.5 Å². The summed E-state index contributed by atoms with van der Waals surface area (Å²) in [5.74, 6) is 1.53. The first-order valence-corrected chi connectivity index (χ1v) is 9.01. The van der Waals surface area contributed by atoms with Gasteiger partial charge in [0.1, 0.15) is 0 Å². The zero-order valence-corrected chi connectivity index (χ0v) is 18.0. The van der Waals surface area contributed by atoms with Crippen molar-refractivity contribution >= 4 is 29.9 Å². The number of hydrogen-bond acceptors (Lipinski definition) is 4. The molecule has 0 radical (unpaired) electrons. The number of nitrogens with one attached hydrogen (secondary N) is 3. The molecule has 1 fully saturated rings. The van der Waals surface area contributed by atoms with Crippen LogP contribution in [0, 0.1) is 5.92 Å². The van der Waals surface area contributed by atoms with Crippen LogP contribution >= 0.6 is 24.0 Å². The molecule has 1 aromatic heterocycles. The number of nitrogens with zero attached hydrogens (tertiary/aromatic N) is 3. The number of guanidine groups is 1. The Bertz CT molecular complexity index is 473. The predicted molar refractivity (Wildman–Crippen MR) is 112 cm³/mol. The minimum atomic E-state index is 0. The van der Waals surface area contributed by atoms with E-state index in [0.717, 1.165) is 51.0 Å². The minimum absolute atomic E-state index is 0. The number of aromatic nitrogens is 2. The van der Waals surface area contributed by atoms with Gasteiger partial charge < -0.3 is 15.4 Å². The molecule has 8 heteroatoms. The molecule has 7 nitrogen and oxygen atoms in total. The lowest BCUT2D eigenvalue weighted by atomic mass is 10.0. The highest BCUT2D eigenvalue weighted by atomic mass is 127. The van der Waals surface area contributed by atoms with E-state index in [-0.39, 0.29) is 24.0 Å². The minimum Gasteiger partial charge on any atom is -0.379 e. The number of morpholine rings is 1. The number of aromatic amines is 1. The normalized spacial score (nSPS) is 17.2. The first kappa shape index (κ1) is 22.2. The number of halogens is 1. The van der Waals surface area contributed by atoms with Gasteiger partial charge in [-0.1, -0.05) is 13.8 Å². The Morgan fingerprint density at radius 1 is 1.36 bits per heavy atom. The molecule has 0 bridgehead atoms. The van der Waals surface area contributed by atoms with Crippen LogP contribution in [0.15, 0.2) is 17.3 Å². The van der Waals surface area contributed by atoms with Crippen molar-refractivity contribution in [1.29, 1.82) is 0 Å². The second kappa shape index (κ2) is 12.5. The monoisotopic (exact) mass is 464 g/mol. The number of rotatable bonds is 8. The van der Waals surface area contributed by atoms with Crippen molar-refractivity contribution in [2.75, 3.05) is 39.4 Å². The summed E-state index contributed by atoms with van der Waals surface area (Å²) in [6.07, 6.45) is 2.93. The summed E-state index contributed by atoms with van der Waals surface area (Å²) in [6.45, 7) is 12.7. The summed E-state index contributed by atoms with van der Waals surface area (Å²) in [6, 6.07) is 2.45. The van der Waals surface area contributed by atoms with Gasteiger partial charge in [-0.15, -0.1) is 24.0 Å². The predicted octanol–water partition coefficient (Wildman–Crippen LogP) is 1.83. The summed E-state index contributed by atoms with van der Waals surface area (Å²) in [5.41, 5.74) is 1.01. The van der Waals surface area contributed by atoms with Gasteiger partial charge in [-0.3, -0.25) is 10.00 Å². The second-order valence-electron chi connectivity index (χ2n) is 6.59. The zero-order chi connectivity index (χ0) is 17.2. The quantitative estimate of drug-likeness (QED) is 0.311. The fourth-order valence-corrected chi connectivity index (χ4v) is 2.94. The maximum absolute atomic E-state index is 5.49. The van der Waals surface area contributed by atoms with Gasteiger partial charge in [0.2, 0.25) is 0 Å². The third kappa shape index (κ3) is 8.37. The third-order valence-electron chi connectivity index (χ3n) is 4.12. The molecular formula is C17H33IN6O. The Morgan fingerprint density at radius 2 is 2.12 bits per heavy atom. The standard InChI is InChI=1S/C17H32N6O.HI/c1-4-18-17(19-12-15-5-6-21-22-15)20-13-16(11-14(2)3)23-7-9-24-10-8-23;/h5-6,14,16H,4,7-13H2,1-3H3,(H,21,22)(H2,18,19,20);1H. The zero-order valence-electron chi connectivity index (χ0n) is 15.6. The van der Waals surface area contributed by atoms with Crippen LogP contribution in [0.3, 0.4) is 0 Å². The molecule has 1 saturated heterocycles. The van der Waals surface area contributed by atoms with Gasteiger partial charge in [-0.05, 0) is 25.3 Å². The van der Waals surface area contributed by atoms with E-state index in [1.54, 1.807) is 6.20 Å². The maximum atomic E-state index is 5.49. The van der Waals surface area contributed by atoms with Gasteiger partial charge >= 0.3 is 0 Å². The van der Waals surface area contributed by atoms with Crippen molar-refractivity contribution in [3.8, 4) is 0 Å². The number of aliphatic imine (C=N–C) groups is 1. The van der Waals surface area contributed by atoms with Crippen LogP contribution in [0.2, 0.25) is 0 Å². The van der Waals surface area contributed by atoms with Crippen LogP contribution < -0.4 is 10.6 Å². The van der Waals surface area contributed by atoms with E-state index in [0.29, 0.717) is 18.5 Å². The Morgan fingerprint density at radius 3 is 2.72 bits per heavy atom. The topological polar surface area (TPSA) is 77.6 Å². The molecule has 1 aliphatic heterocycles. The van der Waals surface area contributed by atoms with E-state index in [2.05, 4.69) is 51.5 Å². The maximum Gasteiger partial charge on any atom is 0.191 e. The highest BCUT2D eigenvalue weighted by Gasteiger charge is 2.22. The van der Waals surface area contributed by atoms with E-state index >= 15 is 0 Å². The molecule has 144 valence electrons.